The molecule has 1 atom stereocenters. The molecule has 1 aliphatic rings. The number of fused-ring (bicyclic) bond motifs is 1. The number of hydrogen-bond donors (Lipinski definition) is 0. The van der Waals surface area contributed by atoms with Crippen LogP contribution in [0.5, 0.6) is 0 Å². The number of carbonyl (C=O) groups excluding carboxylic acids is 2. The molecular formula is C22H28N2O2S. The minimum absolute atomic E-state index is 0.0404. The highest BCUT2D eigenvalue weighted by Crippen LogP contribution is 2.37. The standard InChI is InChI=1S/C22H28N2O2S/c1-3-8-20(25)23(13-4-2)16-21(26)24-14-11-19-18(12-15-27-19)22(24)17-9-6-5-7-10-17/h5-7,9-10,12,15,22H,3-4,8,11,13-14,16H2,1-2H3. The second-order valence-corrected chi connectivity index (χ2v) is 8.02. The first kappa shape index (κ1) is 19.6. The zero-order valence-corrected chi connectivity index (χ0v) is 17.0. The third kappa shape index (κ3) is 4.41. The molecule has 27 heavy (non-hydrogen) atoms. The van der Waals surface area contributed by atoms with E-state index in [-0.39, 0.29) is 24.4 Å². The molecule has 4 nitrogen and oxygen atoms in total. The van der Waals surface area contributed by atoms with E-state index < -0.39 is 0 Å². The number of nitrogens with zero attached hydrogens (tertiary/aromatic N) is 2. The zero-order chi connectivity index (χ0) is 19.2. The average Bonchev–Trinajstić information content (AvgIpc) is 3.16. The second kappa shape index (κ2) is 9.18. The Kier molecular flexibility index (Phi) is 6.67. The minimum Gasteiger partial charge on any atom is -0.333 e. The lowest BCUT2D eigenvalue weighted by Crippen LogP contribution is -2.46. The maximum Gasteiger partial charge on any atom is 0.242 e. The lowest BCUT2D eigenvalue weighted by Gasteiger charge is -2.37. The van der Waals surface area contributed by atoms with Gasteiger partial charge < -0.3 is 9.80 Å². The fourth-order valence-corrected chi connectivity index (χ4v) is 4.67. The molecule has 0 bridgehead atoms. The number of carbonyl (C=O) groups is 2. The Morgan fingerprint density at radius 3 is 2.63 bits per heavy atom. The number of benzene rings is 1. The van der Waals surface area contributed by atoms with Crippen LogP contribution in [0.25, 0.3) is 0 Å². The largest absolute Gasteiger partial charge is 0.333 e. The summed E-state index contributed by atoms with van der Waals surface area (Å²) in [5, 5.41) is 2.11. The van der Waals surface area contributed by atoms with Crippen molar-refractivity contribution in [2.24, 2.45) is 0 Å². The summed E-state index contributed by atoms with van der Waals surface area (Å²) in [4.78, 5) is 30.7. The van der Waals surface area contributed by atoms with Gasteiger partial charge in [-0.15, -0.1) is 11.3 Å². The smallest absolute Gasteiger partial charge is 0.242 e. The molecule has 0 aliphatic carbocycles. The summed E-state index contributed by atoms with van der Waals surface area (Å²) in [6.45, 7) is 5.56. The molecule has 2 amide bonds. The van der Waals surface area contributed by atoms with Gasteiger partial charge in [-0.25, -0.2) is 0 Å². The molecule has 1 aliphatic heterocycles. The van der Waals surface area contributed by atoms with Crippen LogP contribution >= 0.6 is 11.3 Å². The van der Waals surface area contributed by atoms with Crippen LogP contribution in [0.15, 0.2) is 41.8 Å². The van der Waals surface area contributed by atoms with Gasteiger partial charge in [-0.05, 0) is 41.8 Å². The zero-order valence-electron chi connectivity index (χ0n) is 16.2. The lowest BCUT2D eigenvalue weighted by atomic mass is 9.93. The Morgan fingerprint density at radius 1 is 1.15 bits per heavy atom. The molecule has 1 aromatic carbocycles. The molecule has 5 heteroatoms. The van der Waals surface area contributed by atoms with Gasteiger partial charge in [-0.3, -0.25) is 9.59 Å². The molecule has 0 spiro atoms. The summed E-state index contributed by atoms with van der Waals surface area (Å²) in [5.41, 5.74) is 2.36. The Balaban J connectivity index is 1.85. The van der Waals surface area contributed by atoms with E-state index in [1.807, 2.05) is 36.9 Å². The highest BCUT2D eigenvalue weighted by Gasteiger charge is 2.33. The Morgan fingerprint density at radius 2 is 1.93 bits per heavy atom. The van der Waals surface area contributed by atoms with E-state index in [2.05, 4.69) is 23.6 Å². The summed E-state index contributed by atoms with van der Waals surface area (Å²) in [5.74, 6) is 0.121. The molecule has 1 unspecified atom stereocenters. The van der Waals surface area contributed by atoms with Crippen LogP contribution in [0.2, 0.25) is 0 Å². The predicted molar refractivity (Wildman–Crippen MR) is 110 cm³/mol. The van der Waals surface area contributed by atoms with Gasteiger partial charge in [-0.2, -0.15) is 0 Å². The van der Waals surface area contributed by atoms with E-state index in [0.29, 0.717) is 19.5 Å². The fourth-order valence-electron chi connectivity index (χ4n) is 3.77. The van der Waals surface area contributed by atoms with Crippen molar-refractivity contribution >= 4 is 23.2 Å². The summed E-state index contributed by atoms with van der Waals surface area (Å²) < 4.78 is 0. The van der Waals surface area contributed by atoms with E-state index in [4.69, 9.17) is 0 Å². The van der Waals surface area contributed by atoms with Crippen LogP contribution in [0.3, 0.4) is 0 Å². The first-order valence-electron chi connectivity index (χ1n) is 9.84. The van der Waals surface area contributed by atoms with Crippen LogP contribution in [0.1, 0.15) is 55.2 Å². The number of rotatable bonds is 7. The quantitative estimate of drug-likeness (QED) is 0.716. The number of thiophene rings is 1. The first-order chi connectivity index (χ1) is 13.2. The van der Waals surface area contributed by atoms with Gasteiger partial charge in [0.05, 0.1) is 12.6 Å². The van der Waals surface area contributed by atoms with Crippen molar-refractivity contribution in [1.29, 1.82) is 0 Å². The van der Waals surface area contributed by atoms with E-state index in [9.17, 15) is 9.59 Å². The van der Waals surface area contributed by atoms with Crippen molar-refractivity contribution in [3.8, 4) is 0 Å². The minimum atomic E-state index is -0.0570. The van der Waals surface area contributed by atoms with Crippen LogP contribution in [0, 0.1) is 0 Å². The Bertz CT molecular complexity index is 772. The average molecular weight is 385 g/mol. The summed E-state index contributed by atoms with van der Waals surface area (Å²) >= 11 is 1.77. The lowest BCUT2D eigenvalue weighted by molar-refractivity contribution is -0.141. The SMILES string of the molecule is CCCC(=O)N(CCC)CC(=O)N1CCc2sccc2C1c1ccccc1. The summed E-state index contributed by atoms with van der Waals surface area (Å²) in [6, 6.07) is 12.3. The number of hydrogen-bond acceptors (Lipinski definition) is 3. The summed E-state index contributed by atoms with van der Waals surface area (Å²) in [6.07, 6.45) is 3.06. The molecule has 144 valence electrons. The molecule has 2 aromatic rings. The highest BCUT2D eigenvalue weighted by atomic mass is 32.1. The van der Waals surface area contributed by atoms with Crippen LogP contribution in [-0.4, -0.2) is 41.2 Å². The molecule has 2 heterocycles. The molecule has 3 rings (SSSR count). The first-order valence-corrected chi connectivity index (χ1v) is 10.7. The topological polar surface area (TPSA) is 40.6 Å². The van der Waals surface area contributed by atoms with Crippen LogP contribution in [-0.2, 0) is 16.0 Å². The fraction of sp³-hybridized carbons (Fsp3) is 0.455. The van der Waals surface area contributed by atoms with E-state index in [1.165, 1.54) is 10.4 Å². The van der Waals surface area contributed by atoms with Crippen molar-refractivity contribution in [3.05, 3.63) is 57.8 Å². The maximum atomic E-state index is 13.2. The van der Waals surface area contributed by atoms with Crippen molar-refractivity contribution < 1.29 is 9.59 Å². The Hall–Kier alpha value is -2.14. The van der Waals surface area contributed by atoms with Gasteiger partial charge in [-0.1, -0.05) is 44.2 Å². The molecule has 0 saturated heterocycles. The molecular weight excluding hydrogens is 356 g/mol. The van der Waals surface area contributed by atoms with Gasteiger partial charge in [0.1, 0.15) is 0 Å². The van der Waals surface area contributed by atoms with Crippen molar-refractivity contribution in [2.75, 3.05) is 19.6 Å². The van der Waals surface area contributed by atoms with E-state index in [1.54, 1.807) is 16.2 Å². The number of amides is 2. The third-order valence-electron chi connectivity index (χ3n) is 5.04. The monoisotopic (exact) mass is 384 g/mol. The van der Waals surface area contributed by atoms with E-state index in [0.717, 1.165) is 24.8 Å². The molecule has 0 N–H and O–H groups in total. The van der Waals surface area contributed by atoms with Gasteiger partial charge in [0.2, 0.25) is 11.8 Å². The normalized spacial score (nSPS) is 16.1. The molecule has 0 saturated carbocycles. The van der Waals surface area contributed by atoms with Gasteiger partial charge in [0.25, 0.3) is 0 Å². The van der Waals surface area contributed by atoms with Gasteiger partial charge >= 0.3 is 0 Å². The van der Waals surface area contributed by atoms with Crippen LogP contribution in [0.4, 0.5) is 0 Å². The maximum absolute atomic E-state index is 13.2. The van der Waals surface area contributed by atoms with Crippen LogP contribution < -0.4 is 0 Å². The van der Waals surface area contributed by atoms with Crippen molar-refractivity contribution in [1.82, 2.24) is 9.80 Å². The van der Waals surface area contributed by atoms with Crippen molar-refractivity contribution in [3.63, 3.8) is 0 Å². The Labute approximate surface area is 165 Å². The molecule has 1 aromatic heterocycles. The third-order valence-corrected chi connectivity index (χ3v) is 6.03. The summed E-state index contributed by atoms with van der Waals surface area (Å²) in [7, 11) is 0. The molecule has 0 radical (unpaired) electrons. The second-order valence-electron chi connectivity index (χ2n) is 7.01. The van der Waals surface area contributed by atoms with Crippen molar-refractivity contribution in [2.45, 2.75) is 45.6 Å². The predicted octanol–water partition coefficient (Wildman–Crippen LogP) is 4.26. The van der Waals surface area contributed by atoms with Gasteiger partial charge in [0.15, 0.2) is 0 Å². The van der Waals surface area contributed by atoms with Gasteiger partial charge in [0, 0.05) is 24.4 Å². The molecule has 0 fully saturated rings. The van der Waals surface area contributed by atoms with E-state index >= 15 is 0 Å². The highest BCUT2D eigenvalue weighted by molar-refractivity contribution is 7.10.